The summed E-state index contributed by atoms with van der Waals surface area (Å²) in [6.45, 7) is 2.00. The van der Waals surface area contributed by atoms with Crippen LogP contribution in [0, 0.1) is 6.92 Å². The Kier molecular flexibility index (Phi) is 1.59. The molecule has 2 heteroatoms. The highest BCUT2D eigenvalue weighted by atomic mass is 31.0. The van der Waals surface area contributed by atoms with Crippen LogP contribution in [0.15, 0.2) is 18.2 Å². The number of hydrogen-bond donors (Lipinski definition) is 0. The number of pyridine rings is 1. The monoisotopic (exact) mass is 126 g/mol. The van der Waals surface area contributed by atoms with Gasteiger partial charge in [0, 0.05) is 14.9 Å². The van der Waals surface area contributed by atoms with Crippen molar-refractivity contribution in [3.63, 3.8) is 0 Å². The van der Waals surface area contributed by atoms with Gasteiger partial charge in [-0.25, -0.2) is 4.98 Å². The molecule has 1 atom stereocenters. The van der Waals surface area contributed by atoms with Crippen LogP contribution in [-0.4, -0.2) is 4.98 Å². The second-order valence-electron chi connectivity index (χ2n) is 1.77. The average Bonchev–Trinajstić information content (AvgIpc) is 1.64. The van der Waals surface area contributed by atoms with Crippen LogP contribution in [0.25, 0.3) is 0 Å². The first kappa shape index (κ1) is 5.71. The van der Waals surface area contributed by atoms with Crippen LogP contribution < -0.4 is 5.44 Å². The molecule has 0 saturated heterocycles. The molecule has 0 saturated carbocycles. The van der Waals surface area contributed by atoms with Gasteiger partial charge in [0.1, 0.15) is 0 Å². The highest BCUT2D eigenvalue weighted by molar-refractivity contribution is 7.26. The molecule has 0 bridgehead atoms. The topological polar surface area (TPSA) is 12.9 Å². The molecular formula is C6H9NP+. The molecule has 1 aromatic heterocycles. The lowest BCUT2D eigenvalue weighted by atomic mass is 10.4. The normalized spacial score (nSPS) is 9.62. The van der Waals surface area contributed by atoms with Crippen LogP contribution in [0.1, 0.15) is 5.69 Å². The predicted molar refractivity (Wildman–Crippen MR) is 39.7 cm³/mol. The van der Waals surface area contributed by atoms with Gasteiger partial charge in [-0.15, -0.1) is 0 Å². The first-order chi connectivity index (χ1) is 3.79. The van der Waals surface area contributed by atoms with Crippen LogP contribution in [0.4, 0.5) is 0 Å². The second-order valence-corrected chi connectivity index (χ2v) is 2.49. The zero-order valence-electron chi connectivity index (χ0n) is 4.89. The number of hydrogen-bond acceptors (Lipinski definition) is 1. The molecule has 1 rings (SSSR count). The van der Waals surface area contributed by atoms with Crippen molar-refractivity contribution < 1.29 is 0 Å². The van der Waals surface area contributed by atoms with Crippen LogP contribution in [0.3, 0.4) is 0 Å². The van der Waals surface area contributed by atoms with E-state index in [1.54, 1.807) is 9.24 Å². The quantitative estimate of drug-likeness (QED) is 0.464. The van der Waals surface area contributed by atoms with Crippen LogP contribution in [0.2, 0.25) is 0 Å². The van der Waals surface area contributed by atoms with E-state index in [-0.39, 0.29) is 0 Å². The smallest absolute Gasteiger partial charge is 0.174 e. The lowest BCUT2D eigenvalue weighted by Gasteiger charge is -1.86. The molecule has 0 fully saturated rings. The molecule has 0 spiro atoms. The average molecular weight is 126 g/mol. The molecule has 8 heavy (non-hydrogen) atoms. The van der Waals surface area contributed by atoms with Crippen molar-refractivity contribution in [1.29, 1.82) is 0 Å². The molecule has 0 radical (unpaired) electrons. The Morgan fingerprint density at radius 2 is 2.25 bits per heavy atom. The van der Waals surface area contributed by atoms with E-state index in [0.29, 0.717) is 0 Å². The Morgan fingerprint density at radius 3 is 2.62 bits per heavy atom. The van der Waals surface area contributed by atoms with E-state index in [0.717, 1.165) is 11.1 Å². The number of aromatic nitrogens is 1. The lowest BCUT2D eigenvalue weighted by Crippen LogP contribution is -1.96. The van der Waals surface area contributed by atoms with Gasteiger partial charge >= 0.3 is 0 Å². The van der Waals surface area contributed by atoms with Gasteiger partial charge in [0.15, 0.2) is 5.44 Å². The number of rotatable bonds is 0. The van der Waals surface area contributed by atoms with Gasteiger partial charge in [0.05, 0.1) is 0 Å². The molecule has 1 aromatic rings. The van der Waals surface area contributed by atoms with Gasteiger partial charge in [0.2, 0.25) is 0 Å². The molecule has 1 unspecified atom stereocenters. The van der Waals surface area contributed by atoms with Crippen molar-refractivity contribution in [2.24, 2.45) is 0 Å². The highest BCUT2D eigenvalue weighted by Crippen LogP contribution is 1.89. The van der Waals surface area contributed by atoms with E-state index in [9.17, 15) is 0 Å². The van der Waals surface area contributed by atoms with Gasteiger partial charge in [0.25, 0.3) is 0 Å². The van der Waals surface area contributed by atoms with Gasteiger partial charge in [-0.3, -0.25) is 0 Å². The summed E-state index contributed by atoms with van der Waals surface area (Å²) < 4.78 is 0. The fourth-order valence-corrected chi connectivity index (χ4v) is 0.985. The maximum Gasteiger partial charge on any atom is 0.174 e. The standard InChI is InChI=1S/C6H8NP/c1-5-3-2-4-6(8)7-5/h2-4H,8H2,1H3/p+1. The summed E-state index contributed by atoms with van der Waals surface area (Å²) in [7, 11) is 1.81. The van der Waals surface area contributed by atoms with Crippen molar-refractivity contribution in [1.82, 2.24) is 4.98 Å². The summed E-state index contributed by atoms with van der Waals surface area (Å²) in [5.41, 5.74) is 2.21. The summed E-state index contributed by atoms with van der Waals surface area (Å²) in [6.07, 6.45) is 0. The maximum atomic E-state index is 4.19. The SMILES string of the molecule is Cc1cccc([PH3+])n1. The van der Waals surface area contributed by atoms with Gasteiger partial charge in [-0.1, -0.05) is 6.07 Å². The summed E-state index contributed by atoms with van der Waals surface area (Å²) >= 11 is 0. The lowest BCUT2D eigenvalue weighted by molar-refractivity contribution is 1.24. The Balaban J connectivity index is 3.08. The van der Waals surface area contributed by atoms with E-state index < -0.39 is 0 Å². The largest absolute Gasteiger partial charge is 0.220 e. The van der Waals surface area contributed by atoms with E-state index in [2.05, 4.69) is 4.98 Å². The van der Waals surface area contributed by atoms with Gasteiger partial charge in [-0.05, 0) is 19.1 Å². The zero-order valence-corrected chi connectivity index (χ0v) is 6.30. The van der Waals surface area contributed by atoms with Crippen molar-refractivity contribution >= 4 is 14.7 Å². The fourth-order valence-electron chi connectivity index (χ4n) is 0.599. The summed E-state index contributed by atoms with van der Waals surface area (Å²) in [6, 6.07) is 6.02. The molecular weight excluding hydrogens is 117 g/mol. The molecule has 0 aromatic carbocycles. The molecule has 42 valence electrons. The molecule has 0 aliphatic rings. The number of aryl methyl sites for hydroxylation is 1. The van der Waals surface area contributed by atoms with Crippen LogP contribution in [0.5, 0.6) is 0 Å². The van der Waals surface area contributed by atoms with E-state index in [1.807, 2.05) is 25.1 Å². The van der Waals surface area contributed by atoms with Crippen molar-refractivity contribution in [3.05, 3.63) is 23.9 Å². The maximum absolute atomic E-state index is 4.19. The fraction of sp³-hybridized carbons (Fsp3) is 0.167. The molecule has 1 nitrogen and oxygen atoms in total. The van der Waals surface area contributed by atoms with Crippen molar-refractivity contribution in [2.75, 3.05) is 0 Å². The summed E-state index contributed by atoms with van der Waals surface area (Å²) in [4.78, 5) is 4.19. The molecule has 0 N–H and O–H groups in total. The van der Waals surface area contributed by atoms with E-state index in [1.165, 1.54) is 0 Å². The molecule has 0 amide bonds. The minimum atomic E-state index is 1.09. The van der Waals surface area contributed by atoms with Crippen molar-refractivity contribution in [3.8, 4) is 0 Å². The van der Waals surface area contributed by atoms with E-state index >= 15 is 0 Å². The minimum absolute atomic E-state index is 1.09. The van der Waals surface area contributed by atoms with E-state index in [4.69, 9.17) is 0 Å². The third kappa shape index (κ3) is 1.28. The van der Waals surface area contributed by atoms with Crippen LogP contribution in [-0.2, 0) is 0 Å². The summed E-state index contributed by atoms with van der Waals surface area (Å²) in [5.74, 6) is 0. The molecule has 0 aliphatic carbocycles. The minimum Gasteiger partial charge on any atom is -0.220 e. The second kappa shape index (κ2) is 2.23. The first-order valence-corrected chi connectivity index (χ1v) is 3.25. The Morgan fingerprint density at radius 1 is 1.50 bits per heavy atom. The van der Waals surface area contributed by atoms with Crippen LogP contribution >= 0.6 is 9.24 Å². The third-order valence-corrected chi connectivity index (χ3v) is 1.34. The third-order valence-electron chi connectivity index (χ3n) is 0.946. The molecule has 1 heterocycles. The zero-order chi connectivity index (χ0) is 5.98. The Hall–Kier alpha value is -0.420. The number of nitrogens with zero attached hydrogens (tertiary/aromatic N) is 1. The Labute approximate surface area is 51.3 Å². The van der Waals surface area contributed by atoms with Gasteiger partial charge < -0.3 is 0 Å². The summed E-state index contributed by atoms with van der Waals surface area (Å²) in [5, 5.41) is 0. The van der Waals surface area contributed by atoms with Crippen molar-refractivity contribution in [2.45, 2.75) is 6.92 Å². The molecule has 0 aliphatic heterocycles. The highest BCUT2D eigenvalue weighted by Gasteiger charge is 1.86. The van der Waals surface area contributed by atoms with Gasteiger partial charge in [-0.2, -0.15) is 0 Å². The predicted octanol–water partition coefficient (Wildman–Crippen LogP) is 0.623. The Bertz CT molecular complexity index is 168. The first-order valence-electron chi connectivity index (χ1n) is 2.54.